The Morgan fingerprint density at radius 2 is 1.78 bits per heavy atom. The molecule has 3 aromatic rings. The van der Waals surface area contributed by atoms with Gasteiger partial charge in [0.15, 0.2) is 6.10 Å². The first kappa shape index (κ1) is 24.8. The summed E-state index contributed by atoms with van der Waals surface area (Å²) in [5.74, 6) is 1.43. The lowest BCUT2D eigenvalue weighted by atomic mass is 10.0. The van der Waals surface area contributed by atoms with Crippen LogP contribution in [0.3, 0.4) is 0 Å². The van der Waals surface area contributed by atoms with Gasteiger partial charge in [-0.05, 0) is 42.0 Å². The highest BCUT2D eigenvalue weighted by Gasteiger charge is 2.28. The van der Waals surface area contributed by atoms with Crippen molar-refractivity contribution in [1.82, 2.24) is 4.90 Å². The number of ether oxygens (including phenoxy) is 3. The average molecular weight is 494 g/mol. The number of nitrogens with one attached hydrogen (secondary N) is 1. The van der Waals surface area contributed by atoms with Crippen molar-refractivity contribution in [2.24, 2.45) is 5.16 Å². The zero-order valence-electron chi connectivity index (χ0n) is 20.4. The molecule has 1 aliphatic rings. The molecule has 1 aliphatic heterocycles. The number of urea groups is 1. The zero-order valence-corrected chi connectivity index (χ0v) is 20.4. The maximum atomic E-state index is 13.4. The molecule has 0 radical (unpaired) electrons. The number of methoxy groups -OCH3 is 3. The smallest absolute Gasteiger partial charge is 0.322 e. The third-order valence-electron chi connectivity index (χ3n) is 5.80. The van der Waals surface area contributed by atoms with E-state index < -0.39 is 0 Å². The fourth-order valence-electron chi connectivity index (χ4n) is 3.94. The SMILES string of the molecule is COc1ccc(NC(=O)N(Cc2ccc(F)cc2)CC2CC(c3ccccc3OC)=NO2)c(OC)c1. The maximum Gasteiger partial charge on any atom is 0.322 e. The second kappa shape index (κ2) is 11.4. The Hall–Kier alpha value is -4.27. The third kappa shape index (κ3) is 5.86. The number of para-hydroxylation sites is 1. The van der Waals surface area contributed by atoms with Gasteiger partial charge in [0.05, 0.1) is 39.3 Å². The Bertz CT molecular complexity index is 1230. The van der Waals surface area contributed by atoms with Gasteiger partial charge in [0.1, 0.15) is 23.1 Å². The van der Waals surface area contributed by atoms with E-state index in [9.17, 15) is 9.18 Å². The molecule has 9 heteroatoms. The van der Waals surface area contributed by atoms with Crippen LogP contribution in [0.5, 0.6) is 17.2 Å². The lowest BCUT2D eigenvalue weighted by molar-refractivity contribution is 0.0608. The van der Waals surface area contributed by atoms with Gasteiger partial charge in [0.2, 0.25) is 0 Å². The minimum absolute atomic E-state index is 0.244. The molecule has 1 unspecified atom stereocenters. The standard InChI is InChI=1S/C27H28FN3O5/c1-33-20-12-13-23(26(15-20)35-3)29-27(32)31(16-18-8-10-19(28)11-9-18)17-21-14-24(30-36-21)22-6-4-5-7-25(22)34-2/h4-13,15,21H,14,16-17H2,1-3H3,(H,29,32). The van der Waals surface area contributed by atoms with Crippen LogP contribution in [0.15, 0.2) is 71.9 Å². The Balaban J connectivity index is 1.51. The lowest BCUT2D eigenvalue weighted by Crippen LogP contribution is -2.40. The Kier molecular flexibility index (Phi) is 7.89. The van der Waals surface area contributed by atoms with E-state index in [-0.39, 0.29) is 31.0 Å². The predicted molar refractivity (Wildman–Crippen MR) is 134 cm³/mol. The fourth-order valence-corrected chi connectivity index (χ4v) is 3.94. The molecule has 0 spiro atoms. The van der Waals surface area contributed by atoms with Gasteiger partial charge in [0, 0.05) is 24.6 Å². The normalized spacial score (nSPS) is 14.4. The molecule has 0 aliphatic carbocycles. The van der Waals surface area contributed by atoms with Crippen molar-refractivity contribution in [3.8, 4) is 17.2 Å². The highest BCUT2D eigenvalue weighted by atomic mass is 19.1. The van der Waals surface area contributed by atoms with E-state index >= 15 is 0 Å². The van der Waals surface area contributed by atoms with E-state index in [1.807, 2.05) is 24.3 Å². The summed E-state index contributed by atoms with van der Waals surface area (Å²) in [7, 11) is 4.68. The molecule has 0 saturated heterocycles. The predicted octanol–water partition coefficient (Wildman–Crippen LogP) is 5.08. The van der Waals surface area contributed by atoms with Crippen LogP contribution in [0, 0.1) is 5.82 Å². The molecule has 36 heavy (non-hydrogen) atoms. The van der Waals surface area contributed by atoms with Crippen LogP contribution in [0.4, 0.5) is 14.9 Å². The number of hydrogen-bond acceptors (Lipinski definition) is 6. The quantitative estimate of drug-likeness (QED) is 0.450. The molecule has 0 fully saturated rings. The number of benzene rings is 3. The van der Waals surface area contributed by atoms with Gasteiger partial charge in [-0.15, -0.1) is 0 Å². The fraction of sp³-hybridized carbons (Fsp3) is 0.259. The molecule has 1 heterocycles. The minimum atomic E-state index is -0.367. The number of carbonyl (C=O) groups is 1. The Morgan fingerprint density at radius 1 is 1.03 bits per heavy atom. The number of amides is 2. The first-order chi connectivity index (χ1) is 17.5. The monoisotopic (exact) mass is 493 g/mol. The molecule has 0 aromatic heterocycles. The summed E-state index contributed by atoms with van der Waals surface area (Å²) in [6.07, 6.45) is 0.133. The molecule has 1 N–H and O–H groups in total. The van der Waals surface area contributed by atoms with Gasteiger partial charge in [-0.3, -0.25) is 0 Å². The minimum Gasteiger partial charge on any atom is -0.497 e. The van der Waals surface area contributed by atoms with Crippen LogP contribution >= 0.6 is 0 Å². The van der Waals surface area contributed by atoms with E-state index in [1.165, 1.54) is 19.2 Å². The Labute approximate surface area is 209 Å². The third-order valence-corrected chi connectivity index (χ3v) is 5.80. The van der Waals surface area contributed by atoms with Crippen LogP contribution in [-0.2, 0) is 11.4 Å². The van der Waals surface area contributed by atoms with E-state index in [0.29, 0.717) is 29.4 Å². The second-order valence-electron chi connectivity index (χ2n) is 8.17. The molecule has 188 valence electrons. The molecule has 0 bridgehead atoms. The number of carbonyl (C=O) groups excluding carboxylic acids is 1. The van der Waals surface area contributed by atoms with Crippen molar-refractivity contribution in [2.45, 2.75) is 19.1 Å². The van der Waals surface area contributed by atoms with Crippen molar-refractivity contribution in [3.63, 3.8) is 0 Å². The second-order valence-corrected chi connectivity index (χ2v) is 8.17. The molecular formula is C27H28FN3O5. The highest BCUT2D eigenvalue weighted by Crippen LogP contribution is 2.30. The van der Waals surface area contributed by atoms with Gasteiger partial charge in [0.25, 0.3) is 0 Å². The molecule has 3 aromatic carbocycles. The van der Waals surface area contributed by atoms with E-state index in [4.69, 9.17) is 19.0 Å². The van der Waals surface area contributed by atoms with Crippen molar-refractivity contribution < 1.29 is 28.2 Å². The molecule has 4 rings (SSSR count). The van der Waals surface area contributed by atoms with Crippen molar-refractivity contribution in [1.29, 1.82) is 0 Å². The maximum absolute atomic E-state index is 13.4. The van der Waals surface area contributed by atoms with Crippen molar-refractivity contribution in [3.05, 3.63) is 83.7 Å². The van der Waals surface area contributed by atoms with Crippen molar-refractivity contribution in [2.75, 3.05) is 33.2 Å². The van der Waals surface area contributed by atoms with Crippen LogP contribution < -0.4 is 19.5 Å². The summed E-state index contributed by atoms with van der Waals surface area (Å²) in [5, 5.41) is 7.15. The Morgan fingerprint density at radius 3 is 2.50 bits per heavy atom. The first-order valence-electron chi connectivity index (χ1n) is 11.4. The van der Waals surface area contributed by atoms with E-state index in [0.717, 1.165) is 16.8 Å². The molecule has 1 atom stereocenters. The highest BCUT2D eigenvalue weighted by molar-refractivity contribution is 6.03. The summed E-state index contributed by atoms with van der Waals surface area (Å²) < 4.78 is 29.5. The summed E-state index contributed by atoms with van der Waals surface area (Å²) in [4.78, 5) is 20.7. The van der Waals surface area contributed by atoms with Crippen LogP contribution in [0.1, 0.15) is 17.5 Å². The molecule has 0 saturated carbocycles. The van der Waals surface area contributed by atoms with E-state index in [1.54, 1.807) is 49.5 Å². The summed E-state index contributed by atoms with van der Waals surface area (Å²) >= 11 is 0. The number of rotatable bonds is 9. The first-order valence-corrected chi connectivity index (χ1v) is 11.4. The van der Waals surface area contributed by atoms with Crippen LogP contribution in [0.2, 0.25) is 0 Å². The van der Waals surface area contributed by atoms with Crippen LogP contribution in [-0.4, -0.2) is 50.6 Å². The summed E-state index contributed by atoms with van der Waals surface area (Å²) in [6.45, 7) is 0.498. The van der Waals surface area contributed by atoms with Gasteiger partial charge < -0.3 is 29.3 Å². The zero-order chi connectivity index (χ0) is 25.5. The van der Waals surface area contributed by atoms with Crippen LogP contribution in [0.25, 0.3) is 0 Å². The number of oxime groups is 1. The molecular weight excluding hydrogens is 465 g/mol. The number of halogens is 1. The van der Waals surface area contributed by atoms with Gasteiger partial charge in [-0.1, -0.05) is 29.4 Å². The molecule has 2 amide bonds. The van der Waals surface area contributed by atoms with Crippen molar-refractivity contribution >= 4 is 17.4 Å². The average Bonchev–Trinajstić information content (AvgIpc) is 3.38. The summed E-state index contributed by atoms with van der Waals surface area (Å²) in [6, 6.07) is 18.4. The largest absolute Gasteiger partial charge is 0.497 e. The number of nitrogens with zero attached hydrogens (tertiary/aromatic N) is 2. The van der Waals surface area contributed by atoms with Gasteiger partial charge >= 0.3 is 6.03 Å². The van der Waals surface area contributed by atoms with Gasteiger partial charge in [-0.25, -0.2) is 9.18 Å². The number of anilines is 1. The molecule has 8 nitrogen and oxygen atoms in total. The summed E-state index contributed by atoms with van der Waals surface area (Å²) in [5.41, 5.74) is 2.86. The number of hydrogen-bond donors (Lipinski definition) is 1. The van der Waals surface area contributed by atoms with E-state index in [2.05, 4.69) is 10.5 Å². The lowest BCUT2D eigenvalue weighted by Gasteiger charge is -2.26. The topological polar surface area (TPSA) is 81.6 Å². The van der Waals surface area contributed by atoms with Gasteiger partial charge in [-0.2, -0.15) is 0 Å².